The van der Waals surface area contributed by atoms with E-state index in [1.807, 2.05) is 18.2 Å². The van der Waals surface area contributed by atoms with Gasteiger partial charge in [0.05, 0.1) is 18.7 Å². The molecule has 0 aliphatic heterocycles. The van der Waals surface area contributed by atoms with E-state index in [4.69, 9.17) is 11.0 Å². The third-order valence-corrected chi connectivity index (χ3v) is 3.06. The van der Waals surface area contributed by atoms with Gasteiger partial charge in [-0.3, -0.25) is 4.98 Å². The zero-order valence-electron chi connectivity index (χ0n) is 9.00. The third-order valence-electron chi connectivity index (χ3n) is 2.15. The van der Waals surface area contributed by atoms with Gasteiger partial charge in [0, 0.05) is 23.0 Å². The fourth-order valence-electron chi connectivity index (χ4n) is 1.34. The number of nitrogen functional groups attached to an aromatic ring is 1. The number of anilines is 1. The maximum Gasteiger partial charge on any atom is 0.119 e. The molecule has 0 radical (unpaired) electrons. The molecule has 1 aromatic heterocycles. The summed E-state index contributed by atoms with van der Waals surface area (Å²) < 4.78 is 0. The molecule has 0 bridgehead atoms. The van der Waals surface area contributed by atoms with Gasteiger partial charge in [0.1, 0.15) is 5.03 Å². The van der Waals surface area contributed by atoms with E-state index in [1.54, 1.807) is 18.6 Å². The summed E-state index contributed by atoms with van der Waals surface area (Å²) in [6, 6.07) is 7.74. The monoisotopic (exact) mass is 242 g/mol. The molecule has 0 saturated carbocycles. The van der Waals surface area contributed by atoms with E-state index in [9.17, 15) is 0 Å². The molecule has 1 heterocycles. The molecule has 2 aromatic rings. The van der Waals surface area contributed by atoms with Gasteiger partial charge in [-0.1, -0.05) is 11.8 Å². The Labute approximate surface area is 104 Å². The second-order valence-electron chi connectivity index (χ2n) is 3.34. The molecule has 5 heteroatoms. The van der Waals surface area contributed by atoms with Gasteiger partial charge in [-0.05, 0) is 23.8 Å². The largest absolute Gasteiger partial charge is 0.398 e. The van der Waals surface area contributed by atoms with E-state index in [0.29, 0.717) is 12.1 Å². The molecule has 2 rings (SSSR count). The first kappa shape index (κ1) is 11.4. The minimum atomic E-state index is 0.320. The van der Waals surface area contributed by atoms with Crippen LogP contribution < -0.4 is 5.73 Å². The highest BCUT2D eigenvalue weighted by Crippen LogP contribution is 2.28. The van der Waals surface area contributed by atoms with Crippen LogP contribution in [0, 0.1) is 11.3 Å². The lowest BCUT2D eigenvalue weighted by molar-refractivity contribution is 1.05. The Bertz CT molecular complexity index is 548. The quantitative estimate of drug-likeness (QED) is 0.835. The van der Waals surface area contributed by atoms with Crippen LogP contribution in [0.25, 0.3) is 0 Å². The topological polar surface area (TPSA) is 75.6 Å². The van der Waals surface area contributed by atoms with Crippen LogP contribution in [-0.2, 0) is 6.42 Å². The second-order valence-corrected chi connectivity index (χ2v) is 4.44. The van der Waals surface area contributed by atoms with E-state index >= 15 is 0 Å². The van der Waals surface area contributed by atoms with Gasteiger partial charge in [-0.15, -0.1) is 0 Å². The molecule has 0 saturated heterocycles. The summed E-state index contributed by atoms with van der Waals surface area (Å²) in [5, 5.41) is 9.51. The van der Waals surface area contributed by atoms with E-state index in [1.165, 1.54) is 11.8 Å². The summed E-state index contributed by atoms with van der Waals surface area (Å²) in [5.74, 6) is 0. The number of nitrogens with zero attached hydrogens (tertiary/aromatic N) is 3. The van der Waals surface area contributed by atoms with Crippen molar-refractivity contribution in [2.75, 3.05) is 5.73 Å². The summed E-state index contributed by atoms with van der Waals surface area (Å²) >= 11 is 1.50. The molecular formula is C12H10N4S. The first-order chi connectivity index (χ1) is 8.29. The average molecular weight is 242 g/mol. The molecule has 0 amide bonds. The van der Waals surface area contributed by atoms with E-state index in [2.05, 4.69) is 16.0 Å². The predicted molar refractivity (Wildman–Crippen MR) is 66.3 cm³/mol. The fourth-order valence-corrected chi connectivity index (χ4v) is 2.15. The number of aromatic nitrogens is 2. The summed E-state index contributed by atoms with van der Waals surface area (Å²) in [7, 11) is 0. The number of nitrogens with two attached hydrogens (primary N) is 1. The van der Waals surface area contributed by atoms with Crippen LogP contribution >= 0.6 is 11.8 Å². The van der Waals surface area contributed by atoms with E-state index < -0.39 is 0 Å². The Morgan fingerprint density at radius 3 is 2.94 bits per heavy atom. The molecular weight excluding hydrogens is 232 g/mol. The Morgan fingerprint density at radius 1 is 1.35 bits per heavy atom. The molecule has 84 valence electrons. The molecule has 0 atom stereocenters. The van der Waals surface area contributed by atoms with Crippen molar-refractivity contribution in [2.24, 2.45) is 0 Å². The van der Waals surface area contributed by atoms with Gasteiger partial charge >= 0.3 is 0 Å². The van der Waals surface area contributed by atoms with Gasteiger partial charge in [0.25, 0.3) is 0 Å². The fraction of sp³-hybridized carbons (Fsp3) is 0.0833. The molecule has 17 heavy (non-hydrogen) atoms. The minimum absolute atomic E-state index is 0.320. The van der Waals surface area contributed by atoms with Crippen molar-refractivity contribution in [3.8, 4) is 6.07 Å². The van der Waals surface area contributed by atoms with Crippen molar-refractivity contribution in [1.82, 2.24) is 9.97 Å². The van der Waals surface area contributed by atoms with Crippen molar-refractivity contribution in [1.29, 1.82) is 5.26 Å². The molecule has 0 spiro atoms. The summed E-state index contributed by atoms with van der Waals surface area (Å²) in [4.78, 5) is 9.18. The van der Waals surface area contributed by atoms with Crippen LogP contribution in [0.5, 0.6) is 0 Å². The summed E-state index contributed by atoms with van der Waals surface area (Å²) in [6.07, 6.45) is 5.30. The van der Waals surface area contributed by atoms with Crippen LogP contribution in [0.3, 0.4) is 0 Å². The normalized spacial score (nSPS) is 9.82. The second kappa shape index (κ2) is 5.32. The van der Waals surface area contributed by atoms with Gasteiger partial charge in [0.2, 0.25) is 0 Å². The van der Waals surface area contributed by atoms with Crippen LogP contribution in [0.15, 0.2) is 46.7 Å². The Kier molecular flexibility index (Phi) is 3.58. The number of nitriles is 1. The van der Waals surface area contributed by atoms with Gasteiger partial charge in [-0.25, -0.2) is 4.98 Å². The van der Waals surface area contributed by atoms with Crippen LogP contribution in [0.2, 0.25) is 0 Å². The van der Waals surface area contributed by atoms with Gasteiger partial charge in [0.15, 0.2) is 0 Å². The van der Waals surface area contributed by atoms with Crippen LogP contribution in [-0.4, -0.2) is 9.97 Å². The predicted octanol–water partition coefficient (Wildman–Crippen LogP) is 2.28. The Balaban J connectivity index is 2.23. The van der Waals surface area contributed by atoms with Crippen molar-refractivity contribution >= 4 is 17.4 Å². The lowest BCUT2D eigenvalue weighted by Crippen LogP contribution is -1.93. The van der Waals surface area contributed by atoms with Crippen molar-refractivity contribution in [3.05, 3.63) is 42.4 Å². The molecule has 0 unspecified atom stereocenters. The van der Waals surface area contributed by atoms with E-state index in [0.717, 1.165) is 15.5 Å². The Morgan fingerprint density at radius 2 is 2.24 bits per heavy atom. The number of rotatable bonds is 3. The lowest BCUT2D eigenvalue weighted by atomic mass is 10.1. The standard InChI is InChI=1S/C12H10N4S/c13-4-3-9-7-10(1-2-11(9)14)17-12-8-15-5-6-16-12/h1-2,5-8H,3,14H2. The lowest BCUT2D eigenvalue weighted by Gasteiger charge is -2.05. The maximum atomic E-state index is 8.69. The maximum absolute atomic E-state index is 8.69. The summed E-state index contributed by atoms with van der Waals surface area (Å²) in [6.45, 7) is 0. The zero-order valence-corrected chi connectivity index (χ0v) is 9.81. The number of hydrogen-bond donors (Lipinski definition) is 1. The summed E-state index contributed by atoms with van der Waals surface area (Å²) in [5.41, 5.74) is 7.28. The molecule has 4 nitrogen and oxygen atoms in total. The molecule has 0 aliphatic carbocycles. The smallest absolute Gasteiger partial charge is 0.119 e. The third kappa shape index (κ3) is 2.95. The first-order valence-electron chi connectivity index (χ1n) is 4.99. The minimum Gasteiger partial charge on any atom is -0.398 e. The molecule has 0 fully saturated rings. The highest BCUT2D eigenvalue weighted by molar-refractivity contribution is 7.99. The zero-order chi connectivity index (χ0) is 12.1. The van der Waals surface area contributed by atoms with Crippen LogP contribution in [0.4, 0.5) is 5.69 Å². The Hall–Kier alpha value is -2.06. The van der Waals surface area contributed by atoms with E-state index in [-0.39, 0.29) is 0 Å². The highest BCUT2D eigenvalue weighted by atomic mass is 32.2. The molecule has 0 aliphatic rings. The highest BCUT2D eigenvalue weighted by Gasteiger charge is 2.03. The molecule has 1 aromatic carbocycles. The number of hydrogen-bond acceptors (Lipinski definition) is 5. The molecule has 2 N–H and O–H groups in total. The van der Waals surface area contributed by atoms with Crippen LogP contribution in [0.1, 0.15) is 5.56 Å². The first-order valence-corrected chi connectivity index (χ1v) is 5.80. The van der Waals surface area contributed by atoms with Gasteiger partial charge < -0.3 is 5.73 Å². The van der Waals surface area contributed by atoms with Crippen molar-refractivity contribution in [2.45, 2.75) is 16.3 Å². The van der Waals surface area contributed by atoms with Crippen molar-refractivity contribution in [3.63, 3.8) is 0 Å². The average Bonchev–Trinajstić information content (AvgIpc) is 2.35. The van der Waals surface area contributed by atoms with Crippen molar-refractivity contribution < 1.29 is 0 Å². The number of benzene rings is 1. The van der Waals surface area contributed by atoms with Gasteiger partial charge in [-0.2, -0.15) is 5.26 Å². The SMILES string of the molecule is N#CCc1cc(Sc2cnccn2)ccc1N.